The highest BCUT2D eigenvalue weighted by Crippen LogP contribution is 2.40. The van der Waals surface area contributed by atoms with Crippen LogP contribution in [0.4, 0.5) is 0 Å². The number of rotatable bonds is 5. The molecule has 0 aromatic heterocycles. The molecule has 0 spiro atoms. The predicted molar refractivity (Wildman–Crippen MR) is 117 cm³/mol. The van der Waals surface area contributed by atoms with E-state index in [-0.39, 0.29) is 11.3 Å². The molecule has 1 fully saturated rings. The molecule has 1 unspecified atom stereocenters. The number of hydrogen-bond acceptors (Lipinski definition) is 6. The van der Waals surface area contributed by atoms with Gasteiger partial charge in [-0.05, 0) is 60.7 Å². The Kier molecular flexibility index (Phi) is 5.99. The van der Waals surface area contributed by atoms with Gasteiger partial charge in [0, 0.05) is 19.0 Å². The summed E-state index contributed by atoms with van der Waals surface area (Å²) in [6.45, 7) is 4.26. The summed E-state index contributed by atoms with van der Waals surface area (Å²) in [5.74, 6) is -0.849. The van der Waals surface area contributed by atoms with Crippen LogP contribution in [0.3, 0.4) is 0 Å². The number of Topliss-reactive ketones (excluding diaryl/α,β-unsaturated/α-hetero) is 1. The van der Waals surface area contributed by atoms with Gasteiger partial charge in [0.2, 0.25) is 0 Å². The number of ether oxygens (including phenoxy) is 2. The Balaban J connectivity index is 1.79. The topological polar surface area (TPSA) is 93.1 Å². The molecule has 1 N–H and O–H groups in total. The molecular weight excluding hydrogens is 410 g/mol. The number of aliphatic hydroxyl groups is 1. The first kappa shape index (κ1) is 21.6. The lowest BCUT2D eigenvalue weighted by molar-refractivity contribution is -0.139. The Labute approximate surface area is 186 Å². The van der Waals surface area contributed by atoms with E-state index in [4.69, 9.17) is 9.47 Å². The van der Waals surface area contributed by atoms with Crippen LogP contribution in [0.2, 0.25) is 0 Å². The quantitative estimate of drug-likeness (QED) is 0.253. The van der Waals surface area contributed by atoms with Crippen molar-refractivity contribution in [2.24, 2.45) is 0 Å². The first-order valence-electron chi connectivity index (χ1n) is 10.7. The fraction of sp³-hybridized carbons (Fsp3) is 0.320. The summed E-state index contributed by atoms with van der Waals surface area (Å²) in [4.78, 5) is 38.5. The van der Waals surface area contributed by atoms with Crippen LogP contribution >= 0.6 is 0 Å². The van der Waals surface area contributed by atoms with E-state index < -0.39 is 23.7 Å². The van der Waals surface area contributed by atoms with Crippen LogP contribution in [-0.2, 0) is 20.8 Å². The Bertz CT molecular complexity index is 1100. The Hall–Kier alpha value is -3.61. The van der Waals surface area contributed by atoms with E-state index in [2.05, 4.69) is 0 Å². The van der Waals surface area contributed by atoms with Crippen LogP contribution in [-0.4, -0.2) is 40.8 Å². The summed E-state index contributed by atoms with van der Waals surface area (Å²) in [5.41, 5.74) is 2.15. The molecule has 32 heavy (non-hydrogen) atoms. The molecule has 1 amide bonds. The molecule has 7 heteroatoms. The number of carbonyl (C=O) groups excluding carboxylic acids is 3. The van der Waals surface area contributed by atoms with Gasteiger partial charge in [-0.3, -0.25) is 14.4 Å². The van der Waals surface area contributed by atoms with Crippen LogP contribution in [0.1, 0.15) is 49.4 Å². The number of hydrogen-bond donors (Lipinski definition) is 1. The van der Waals surface area contributed by atoms with Crippen LogP contribution in [0, 0.1) is 0 Å². The van der Waals surface area contributed by atoms with Crippen molar-refractivity contribution < 1.29 is 29.0 Å². The van der Waals surface area contributed by atoms with Gasteiger partial charge < -0.3 is 19.5 Å². The largest absolute Gasteiger partial charge is 0.507 e. The predicted octanol–water partition coefficient (Wildman–Crippen LogP) is 3.77. The summed E-state index contributed by atoms with van der Waals surface area (Å²) in [7, 11) is 0. The Morgan fingerprint density at radius 2 is 1.94 bits per heavy atom. The van der Waals surface area contributed by atoms with Crippen molar-refractivity contribution in [2.75, 3.05) is 13.2 Å². The smallest absolute Gasteiger partial charge is 0.308 e. The molecule has 1 atom stereocenters. The third kappa shape index (κ3) is 3.98. The van der Waals surface area contributed by atoms with Gasteiger partial charge >= 0.3 is 5.97 Å². The highest BCUT2D eigenvalue weighted by molar-refractivity contribution is 6.46. The number of aliphatic hydroxyl groups excluding tert-OH is 1. The molecule has 0 aliphatic carbocycles. The third-order valence-corrected chi connectivity index (χ3v) is 5.64. The first-order chi connectivity index (χ1) is 15.4. The second kappa shape index (κ2) is 8.86. The van der Waals surface area contributed by atoms with Crippen molar-refractivity contribution in [3.8, 4) is 11.5 Å². The van der Waals surface area contributed by atoms with Crippen molar-refractivity contribution in [3.05, 3.63) is 64.7 Å². The van der Waals surface area contributed by atoms with Crippen LogP contribution < -0.4 is 9.47 Å². The number of benzene rings is 2. The minimum Gasteiger partial charge on any atom is -0.507 e. The molecule has 2 aliphatic heterocycles. The molecule has 2 aromatic carbocycles. The number of amides is 1. The van der Waals surface area contributed by atoms with E-state index in [0.717, 1.165) is 24.2 Å². The first-order valence-corrected chi connectivity index (χ1v) is 10.7. The van der Waals surface area contributed by atoms with E-state index in [0.29, 0.717) is 36.4 Å². The normalized spacial score (nSPS) is 19.4. The average molecular weight is 435 g/mol. The van der Waals surface area contributed by atoms with Crippen molar-refractivity contribution in [2.45, 2.75) is 39.2 Å². The third-order valence-electron chi connectivity index (χ3n) is 5.64. The van der Waals surface area contributed by atoms with Gasteiger partial charge in [0.1, 0.15) is 17.3 Å². The summed E-state index contributed by atoms with van der Waals surface area (Å²) in [6.07, 6.45) is 2.36. The fourth-order valence-corrected chi connectivity index (χ4v) is 4.25. The number of esters is 1. The van der Waals surface area contributed by atoms with Gasteiger partial charge in [-0.25, -0.2) is 0 Å². The fourth-order valence-electron chi connectivity index (χ4n) is 4.25. The van der Waals surface area contributed by atoms with Gasteiger partial charge in [-0.2, -0.15) is 0 Å². The zero-order valence-electron chi connectivity index (χ0n) is 18.1. The van der Waals surface area contributed by atoms with E-state index in [1.165, 1.54) is 11.8 Å². The monoisotopic (exact) mass is 435 g/mol. The number of ketones is 1. The van der Waals surface area contributed by atoms with E-state index in [9.17, 15) is 19.5 Å². The second-order valence-corrected chi connectivity index (χ2v) is 7.93. The van der Waals surface area contributed by atoms with Crippen LogP contribution in [0.25, 0.3) is 5.76 Å². The lowest BCUT2D eigenvalue weighted by Crippen LogP contribution is -2.30. The second-order valence-electron chi connectivity index (χ2n) is 7.93. The summed E-state index contributed by atoms with van der Waals surface area (Å²) in [5, 5.41) is 11.2. The molecule has 2 aliphatic rings. The SMILES string of the molecule is CCCN1C(=O)C(=O)/C(=C(\O)c2ccc3c(c2)CCCO3)C1c1ccc(OC(C)=O)cc1. The van der Waals surface area contributed by atoms with Gasteiger partial charge in [0.25, 0.3) is 11.7 Å². The standard InChI is InChI=1S/C25H25NO6/c1-3-12-26-22(16-6-9-19(10-7-16)32-15(2)27)21(24(29)25(26)30)23(28)18-8-11-20-17(14-18)5-4-13-31-20/h6-11,14,22,28H,3-5,12-13H2,1-2H3/b23-21-. The number of nitrogens with zero attached hydrogens (tertiary/aromatic N) is 1. The number of carbonyl (C=O) groups is 3. The molecule has 7 nitrogen and oxygen atoms in total. The summed E-state index contributed by atoms with van der Waals surface area (Å²) in [6, 6.07) is 11.2. The molecule has 2 aromatic rings. The Morgan fingerprint density at radius 3 is 2.62 bits per heavy atom. The van der Waals surface area contributed by atoms with E-state index in [1.807, 2.05) is 13.0 Å². The number of fused-ring (bicyclic) bond motifs is 1. The summed E-state index contributed by atoms with van der Waals surface area (Å²) >= 11 is 0. The molecule has 0 bridgehead atoms. The van der Waals surface area contributed by atoms with Crippen molar-refractivity contribution in [3.63, 3.8) is 0 Å². The zero-order chi connectivity index (χ0) is 22.8. The minimum atomic E-state index is -0.728. The molecule has 1 saturated heterocycles. The van der Waals surface area contributed by atoms with Gasteiger partial charge in [-0.15, -0.1) is 0 Å². The lowest BCUT2D eigenvalue weighted by Gasteiger charge is -2.25. The molecule has 0 radical (unpaired) electrons. The highest BCUT2D eigenvalue weighted by atomic mass is 16.5. The maximum atomic E-state index is 13.0. The number of likely N-dealkylation sites (tertiary alicyclic amines) is 1. The van der Waals surface area contributed by atoms with Crippen LogP contribution in [0.15, 0.2) is 48.0 Å². The maximum absolute atomic E-state index is 13.0. The molecule has 0 saturated carbocycles. The minimum absolute atomic E-state index is 0.0559. The Morgan fingerprint density at radius 1 is 1.19 bits per heavy atom. The van der Waals surface area contributed by atoms with Crippen molar-refractivity contribution in [1.29, 1.82) is 0 Å². The van der Waals surface area contributed by atoms with Crippen LogP contribution in [0.5, 0.6) is 11.5 Å². The average Bonchev–Trinajstić information content (AvgIpc) is 3.03. The number of aryl methyl sites for hydroxylation is 1. The van der Waals surface area contributed by atoms with E-state index >= 15 is 0 Å². The maximum Gasteiger partial charge on any atom is 0.308 e. The highest BCUT2D eigenvalue weighted by Gasteiger charge is 2.45. The van der Waals surface area contributed by atoms with E-state index in [1.54, 1.807) is 36.4 Å². The van der Waals surface area contributed by atoms with Gasteiger partial charge in [0.15, 0.2) is 0 Å². The molecule has 166 valence electrons. The van der Waals surface area contributed by atoms with Crippen molar-refractivity contribution in [1.82, 2.24) is 4.90 Å². The van der Waals surface area contributed by atoms with Gasteiger partial charge in [0.05, 0.1) is 18.2 Å². The molecule has 2 heterocycles. The molecular formula is C25H25NO6. The zero-order valence-corrected chi connectivity index (χ0v) is 18.1. The van der Waals surface area contributed by atoms with Crippen molar-refractivity contribution >= 4 is 23.4 Å². The van der Waals surface area contributed by atoms with Gasteiger partial charge in [-0.1, -0.05) is 19.1 Å². The molecule has 4 rings (SSSR count). The summed E-state index contributed by atoms with van der Waals surface area (Å²) < 4.78 is 10.7. The lowest BCUT2D eigenvalue weighted by atomic mass is 9.94.